The van der Waals surface area contributed by atoms with E-state index < -0.39 is 0 Å². The van der Waals surface area contributed by atoms with E-state index in [1.54, 1.807) is 6.33 Å². The molecule has 0 aliphatic carbocycles. The van der Waals surface area contributed by atoms with Crippen molar-refractivity contribution in [2.75, 3.05) is 13.2 Å². The predicted octanol–water partition coefficient (Wildman–Crippen LogP) is 2.36. The van der Waals surface area contributed by atoms with Crippen molar-refractivity contribution < 1.29 is 9.53 Å². The number of fused-ring (bicyclic) bond motifs is 2. The lowest BCUT2D eigenvalue weighted by molar-refractivity contribution is 0.0957. The van der Waals surface area contributed by atoms with Gasteiger partial charge in [0.25, 0.3) is 5.91 Å². The van der Waals surface area contributed by atoms with Crippen molar-refractivity contribution in [3.05, 3.63) is 48.3 Å². The summed E-state index contributed by atoms with van der Waals surface area (Å²) in [5, 5.41) is 2.83. The average Bonchev–Trinajstić information content (AvgIpc) is 2.81. The van der Waals surface area contributed by atoms with Gasteiger partial charge in [0.1, 0.15) is 12.4 Å². The van der Waals surface area contributed by atoms with Crippen LogP contribution in [0.15, 0.2) is 42.7 Å². The van der Waals surface area contributed by atoms with Crippen LogP contribution in [0.5, 0.6) is 5.75 Å². The summed E-state index contributed by atoms with van der Waals surface area (Å²) in [6.45, 7) is 1.03. The van der Waals surface area contributed by atoms with Crippen LogP contribution in [0.2, 0.25) is 0 Å². The quantitative estimate of drug-likeness (QED) is 0.749. The van der Waals surface area contributed by atoms with E-state index in [1.807, 2.05) is 48.0 Å². The lowest BCUT2D eigenvalue weighted by Gasteiger charge is -2.08. The number of carbonyl (C=O) groups excluding carboxylic acids is 1. The van der Waals surface area contributed by atoms with Crippen LogP contribution in [0.25, 0.3) is 22.2 Å². The molecule has 3 aromatic rings. The minimum atomic E-state index is -0.0896. The van der Waals surface area contributed by atoms with Crippen LogP contribution < -0.4 is 10.1 Å². The molecule has 2 heterocycles. The van der Waals surface area contributed by atoms with E-state index in [4.69, 9.17) is 4.74 Å². The molecular weight excluding hydrogens is 278 g/mol. The molecule has 2 aromatic carbocycles. The number of imidazole rings is 1. The first-order valence-corrected chi connectivity index (χ1v) is 7.19. The molecule has 0 spiro atoms. The van der Waals surface area contributed by atoms with E-state index in [9.17, 15) is 4.79 Å². The summed E-state index contributed by atoms with van der Waals surface area (Å²) >= 11 is 0. The smallest absolute Gasteiger partial charge is 0.255 e. The highest BCUT2D eigenvalue weighted by Gasteiger charge is 2.17. The first kappa shape index (κ1) is 12.9. The molecule has 0 saturated heterocycles. The van der Waals surface area contributed by atoms with Gasteiger partial charge >= 0.3 is 0 Å². The molecule has 22 heavy (non-hydrogen) atoms. The molecule has 1 aliphatic heterocycles. The standard InChI is InChI=1S/C17H15N3O2/c1-20-10-19-14-9-12(2-4-15(14)20)11-3-5-16-13(8-11)17(21)18-6-7-22-16/h2-5,8-10H,6-7H2,1H3,(H,18,21). The number of carbonyl (C=O) groups is 1. The van der Waals surface area contributed by atoms with E-state index in [0.29, 0.717) is 24.5 Å². The molecule has 4 rings (SSSR count). The van der Waals surface area contributed by atoms with Gasteiger partial charge in [0.2, 0.25) is 0 Å². The second kappa shape index (κ2) is 4.87. The molecule has 1 amide bonds. The highest BCUT2D eigenvalue weighted by molar-refractivity contribution is 5.98. The van der Waals surface area contributed by atoms with Crippen LogP contribution in [-0.2, 0) is 7.05 Å². The molecule has 110 valence electrons. The predicted molar refractivity (Wildman–Crippen MR) is 84.0 cm³/mol. The summed E-state index contributed by atoms with van der Waals surface area (Å²) < 4.78 is 7.57. The van der Waals surface area contributed by atoms with Crippen LogP contribution in [0, 0.1) is 0 Å². The zero-order valence-electron chi connectivity index (χ0n) is 12.2. The third kappa shape index (κ3) is 2.02. The number of benzene rings is 2. The SMILES string of the molecule is Cn1cnc2cc(-c3ccc4c(c3)C(=O)NCCO4)ccc21. The molecule has 1 aromatic heterocycles. The molecule has 0 bridgehead atoms. The first-order chi connectivity index (χ1) is 10.7. The molecule has 1 aliphatic rings. The largest absolute Gasteiger partial charge is 0.491 e. The van der Waals surface area contributed by atoms with Crippen molar-refractivity contribution in [1.82, 2.24) is 14.9 Å². The molecular formula is C17H15N3O2. The molecule has 5 heteroatoms. The minimum Gasteiger partial charge on any atom is -0.491 e. The van der Waals surface area contributed by atoms with Gasteiger partial charge in [-0.05, 0) is 35.4 Å². The molecule has 0 saturated carbocycles. The van der Waals surface area contributed by atoms with E-state index in [0.717, 1.165) is 22.2 Å². The van der Waals surface area contributed by atoms with Gasteiger partial charge in [0.15, 0.2) is 0 Å². The van der Waals surface area contributed by atoms with E-state index in [2.05, 4.69) is 10.3 Å². The topological polar surface area (TPSA) is 56.2 Å². The number of nitrogens with zero attached hydrogens (tertiary/aromatic N) is 2. The number of hydrogen-bond donors (Lipinski definition) is 1. The van der Waals surface area contributed by atoms with Crippen LogP contribution in [0.4, 0.5) is 0 Å². The Labute approximate surface area is 127 Å². The number of rotatable bonds is 1. The van der Waals surface area contributed by atoms with Crippen LogP contribution in [0.1, 0.15) is 10.4 Å². The maximum absolute atomic E-state index is 12.1. The Morgan fingerprint density at radius 3 is 2.91 bits per heavy atom. The summed E-state index contributed by atoms with van der Waals surface area (Å²) in [4.78, 5) is 16.5. The summed E-state index contributed by atoms with van der Waals surface area (Å²) in [6.07, 6.45) is 1.80. The van der Waals surface area contributed by atoms with Crippen molar-refractivity contribution in [2.45, 2.75) is 0 Å². The summed E-state index contributed by atoms with van der Waals surface area (Å²) in [7, 11) is 1.97. The van der Waals surface area contributed by atoms with Gasteiger partial charge in [-0.3, -0.25) is 4.79 Å². The Morgan fingerprint density at radius 2 is 2.00 bits per heavy atom. The second-order valence-electron chi connectivity index (χ2n) is 5.37. The highest BCUT2D eigenvalue weighted by atomic mass is 16.5. The first-order valence-electron chi connectivity index (χ1n) is 7.19. The number of aromatic nitrogens is 2. The fraction of sp³-hybridized carbons (Fsp3) is 0.176. The average molecular weight is 293 g/mol. The van der Waals surface area contributed by atoms with Crippen molar-refractivity contribution >= 4 is 16.9 Å². The monoisotopic (exact) mass is 293 g/mol. The Morgan fingerprint density at radius 1 is 1.18 bits per heavy atom. The zero-order chi connectivity index (χ0) is 15.1. The Kier molecular flexibility index (Phi) is 2.85. The molecule has 1 N–H and O–H groups in total. The number of hydrogen-bond acceptors (Lipinski definition) is 3. The molecule has 0 atom stereocenters. The van der Waals surface area contributed by atoms with Gasteiger partial charge in [0, 0.05) is 7.05 Å². The Balaban J connectivity index is 1.82. The van der Waals surface area contributed by atoms with E-state index in [1.165, 1.54) is 0 Å². The van der Waals surface area contributed by atoms with Crippen LogP contribution in [0.3, 0.4) is 0 Å². The van der Waals surface area contributed by atoms with Crippen LogP contribution in [-0.4, -0.2) is 28.6 Å². The zero-order valence-corrected chi connectivity index (χ0v) is 12.2. The van der Waals surface area contributed by atoms with Gasteiger partial charge in [-0.2, -0.15) is 0 Å². The molecule has 0 unspecified atom stereocenters. The summed E-state index contributed by atoms with van der Waals surface area (Å²) in [5.74, 6) is 0.547. The fourth-order valence-electron chi connectivity index (χ4n) is 2.75. The second-order valence-corrected chi connectivity index (χ2v) is 5.37. The van der Waals surface area contributed by atoms with Crippen molar-refractivity contribution in [3.63, 3.8) is 0 Å². The third-order valence-electron chi connectivity index (χ3n) is 3.93. The fourth-order valence-corrected chi connectivity index (χ4v) is 2.75. The summed E-state index contributed by atoms with van der Waals surface area (Å²) in [5.41, 5.74) is 4.62. The van der Waals surface area contributed by atoms with E-state index in [-0.39, 0.29) is 5.91 Å². The normalized spacial score (nSPS) is 14.1. The minimum absolute atomic E-state index is 0.0896. The molecule has 0 fully saturated rings. The molecule has 5 nitrogen and oxygen atoms in total. The lowest BCUT2D eigenvalue weighted by atomic mass is 10.0. The Hall–Kier alpha value is -2.82. The maximum Gasteiger partial charge on any atom is 0.255 e. The summed E-state index contributed by atoms with van der Waals surface area (Å²) in [6, 6.07) is 11.8. The van der Waals surface area contributed by atoms with Crippen LogP contribution >= 0.6 is 0 Å². The van der Waals surface area contributed by atoms with Gasteiger partial charge in [-0.15, -0.1) is 0 Å². The van der Waals surface area contributed by atoms with Gasteiger partial charge in [-0.25, -0.2) is 4.98 Å². The van der Waals surface area contributed by atoms with Crippen molar-refractivity contribution in [3.8, 4) is 16.9 Å². The van der Waals surface area contributed by atoms with Crippen molar-refractivity contribution in [1.29, 1.82) is 0 Å². The van der Waals surface area contributed by atoms with Gasteiger partial charge in [-0.1, -0.05) is 12.1 Å². The molecule has 0 radical (unpaired) electrons. The number of ether oxygens (including phenoxy) is 1. The lowest BCUT2D eigenvalue weighted by Crippen LogP contribution is -2.24. The maximum atomic E-state index is 12.1. The van der Waals surface area contributed by atoms with E-state index >= 15 is 0 Å². The van der Waals surface area contributed by atoms with Gasteiger partial charge in [0.05, 0.1) is 29.5 Å². The number of aryl methyl sites for hydroxylation is 1. The number of amides is 1. The van der Waals surface area contributed by atoms with Gasteiger partial charge < -0.3 is 14.6 Å². The van der Waals surface area contributed by atoms with Crippen molar-refractivity contribution in [2.24, 2.45) is 7.05 Å². The Bertz CT molecular complexity index is 883. The third-order valence-corrected chi connectivity index (χ3v) is 3.93. The number of nitrogens with one attached hydrogen (secondary N) is 1. The highest BCUT2D eigenvalue weighted by Crippen LogP contribution is 2.29.